The summed E-state index contributed by atoms with van der Waals surface area (Å²) in [6.45, 7) is 0.426. The van der Waals surface area contributed by atoms with Crippen LogP contribution >= 0.6 is 15.9 Å². The van der Waals surface area contributed by atoms with Gasteiger partial charge < -0.3 is 15.5 Å². The molecule has 0 aliphatic rings. The van der Waals surface area contributed by atoms with Gasteiger partial charge in [0.25, 0.3) is 0 Å². The zero-order valence-electron chi connectivity index (χ0n) is 14.8. The van der Waals surface area contributed by atoms with Crippen LogP contribution in [0.5, 0.6) is 5.75 Å². The first-order chi connectivity index (χ1) is 13.4. The second-order valence-corrected chi connectivity index (χ2v) is 7.14. The molecule has 144 valence electrons. The first kappa shape index (κ1) is 19.8. The predicted molar refractivity (Wildman–Crippen MR) is 110 cm³/mol. The first-order valence-corrected chi connectivity index (χ1v) is 9.44. The van der Waals surface area contributed by atoms with E-state index in [4.69, 9.17) is 5.11 Å². The molecule has 2 aromatic carbocycles. The number of nitrogens with zero attached hydrogens (tertiary/aromatic N) is 1. The number of aromatic nitrogens is 1. The highest BCUT2D eigenvalue weighted by molar-refractivity contribution is 9.10. The van der Waals surface area contributed by atoms with Gasteiger partial charge in [0.05, 0.1) is 5.69 Å². The SMILES string of the molecule is O=C(O)CCCNc1cc(-c2cccc(F)c2)cc(-c2cc(Br)ccc2O)n1. The molecule has 0 fully saturated rings. The fourth-order valence-corrected chi connectivity index (χ4v) is 3.12. The third-order valence-electron chi connectivity index (χ3n) is 4.09. The zero-order valence-corrected chi connectivity index (χ0v) is 16.4. The fourth-order valence-electron chi connectivity index (χ4n) is 2.76. The van der Waals surface area contributed by atoms with E-state index >= 15 is 0 Å². The Morgan fingerprint density at radius 2 is 1.93 bits per heavy atom. The smallest absolute Gasteiger partial charge is 0.303 e. The standard InChI is InChI=1S/C21H18BrFN2O3/c22-15-6-7-19(26)17(12-15)18-10-14(13-3-1-4-16(23)9-13)11-20(25-18)24-8-2-5-21(27)28/h1,3-4,6-7,9-12,26H,2,5,8H2,(H,24,25)(H,27,28). The van der Waals surface area contributed by atoms with Crippen LogP contribution in [0, 0.1) is 5.82 Å². The van der Waals surface area contributed by atoms with Gasteiger partial charge in [-0.2, -0.15) is 0 Å². The lowest BCUT2D eigenvalue weighted by atomic mass is 10.0. The second kappa shape index (κ2) is 8.84. The van der Waals surface area contributed by atoms with Gasteiger partial charge in [0.2, 0.25) is 0 Å². The number of rotatable bonds is 7. The van der Waals surface area contributed by atoms with Crippen molar-refractivity contribution in [2.24, 2.45) is 0 Å². The summed E-state index contributed by atoms with van der Waals surface area (Å²) in [6, 6.07) is 14.8. The topological polar surface area (TPSA) is 82.5 Å². The van der Waals surface area contributed by atoms with E-state index in [1.165, 1.54) is 12.1 Å². The molecule has 0 amide bonds. The molecular weight excluding hydrogens is 427 g/mol. The normalized spacial score (nSPS) is 10.6. The number of carboxylic acids is 1. The van der Waals surface area contributed by atoms with Gasteiger partial charge in [-0.3, -0.25) is 4.79 Å². The van der Waals surface area contributed by atoms with Crippen LogP contribution in [0.4, 0.5) is 10.2 Å². The number of phenols is 1. The number of nitrogens with one attached hydrogen (secondary N) is 1. The Bertz CT molecular complexity index is 1010. The number of pyridine rings is 1. The van der Waals surface area contributed by atoms with E-state index in [1.807, 2.05) is 0 Å². The van der Waals surface area contributed by atoms with Crippen LogP contribution < -0.4 is 5.32 Å². The molecule has 28 heavy (non-hydrogen) atoms. The summed E-state index contributed by atoms with van der Waals surface area (Å²) in [4.78, 5) is 15.2. The molecule has 3 N–H and O–H groups in total. The van der Waals surface area contributed by atoms with Gasteiger partial charge >= 0.3 is 5.97 Å². The van der Waals surface area contributed by atoms with Crippen LogP contribution in [0.3, 0.4) is 0 Å². The quantitative estimate of drug-likeness (QED) is 0.430. The van der Waals surface area contributed by atoms with Gasteiger partial charge in [0, 0.05) is 23.0 Å². The predicted octanol–water partition coefficient (Wildman–Crippen LogP) is 5.30. The summed E-state index contributed by atoms with van der Waals surface area (Å²) in [5, 5.41) is 22.1. The highest BCUT2D eigenvalue weighted by Gasteiger charge is 2.11. The van der Waals surface area contributed by atoms with Gasteiger partial charge in [-0.1, -0.05) is 28.1 Å². The molecule has 0 atom stereocenters. The van der Waals surface area contributed by atoms with Crippen LogP contribution in [-0.2, 0) is 4.79 Å². The van der Waals surface area contributed by atoms with E-state index in [1.54, 1.807) is 42.5 Å². The highest BCUT2D eigenvalue weighted by atomic mass is 79.9. The third kappa shape index (κ3) is 5.07. The van der Waals surface area contributed by atoms with Crippen molar-refractivity contribution in [2.75, 3.05) is 11.9 Å². The Kier molecular flexibility index (Phi) is 6.26. The molecule has 0 unspecified atom stereocenters. The molecule has 7 heteroatoms. The third-order valence-corrected chi connectivity index (χ3v) is 4.58. The lowest BCUT2D eigenvalue weighted by molar-refractivity contribution is -0.137. The number of halogens is 2. The lowest BCUT2D eigenvalue weighted by Gasteiger charge is -2.12. The minimum absolute atomic E-state index is 0.0515. The van der Waals surface area contributed by atoms with Crippen molar-refractivity contribution in [1.82, 2.24) is 4.98 Å². The molecule has 0 saturated heterocycles. The number of benzene rings is 2. The fraction of sp³-hybridized carbons (Fsp3) is 0.143. The maximum absolute atomic E-state index is 13.7. The summed E-state index contributed by atoms with van der Waals surface area (Å²) in [5.41, 5.74) is 2.44. The lowest BCUT2D eigenvalue weighted by Crippen LogP contribution is -2.06. The number of aliphatic carboxylic acids is 1. The maximum Gasteiger partial charge on any atom is 0.303 e. The van der Waals surface area contributed by atoms with E-state index in [0.717, 1.165) is 10.0 Å². The minimum Gasteiger partial charge on any atom is -0.507 e. The Labute approximate surface area is 170 Å². The van der Waals surface area contributed by atoms with Gasteiger partial charge in [-0.25, -0.2) is 9.37 Å². The zero-order chi connectivity index (χ0) is 20.1. The molecule has 0 aliphatic heterocycles. The van der Waals surface area contributed by atoms with E-state index < -0.39 is 5.97 Å². The van der Waals surface area contributed by atoms with E-state index in [2.05, 4.69) is 26.2 Å². The van der Waals surface area contributed by atoms with Gasteiger partial charge in [0.1, 0.15) is 17.4 Å². The molecule has 0 saturated carbocycles. The average molecular weight is 445 g/mol. The Morgan fingerprint density at radius 1 is 1.11 bits per heavy atom. The van der Waals surface area contributed by atoms with Crippen molar-refractivity contribution < 1.29 is 19.4 Å². The maximum atomic E-state index is 13.7. The molecule has 0 radical (unpaired) electrons. The summed E-state index contributed by atoms with van der Waals surface area (Å²) in [7, 11) is 0. The molecule has 0 bridgehead atoms. The van der Waals surface area contributed by atoms with Crippen molar-refractivity contribution in [1.29, 1.82) is 0 Å². The number of carboxylic acid groups (broad SMARTS) is 1. The summed E-state index contributed by atoms with van der Waals surface area (Å²) >= 11 is 3.39. The molecule has 3 rings (SSSR count). The number of anilines is 1. The van der Waals surface area contributed by atoms with Crippen LogP contribution in [0.15, 0.2) is 59.1 Å². The summed E-state index contributed by atoms with van der Waals surface area (Å²) in [6.07, 6.45) is 0.495. The highest BCUT2D eigenvalue weighted by Crippen LogP contribution is 2.34. The largest absolute Gasteiger partial charge is 0.507 e. The molecule has 5 nitrogen and oxygen atoms in total. The van der Waals surface area contributed by atoms with Crippen LogP contribution in [0.2, 0.25) is 0 Å². The van der Waals surface area contributed by atoms with Crippen molar-refractivity contribution in [3.63, 3.8) is 0 Å². The number of hydrogen-bond acceptors (Lipinski definition) is 4. The van der Waals surface area contributed by atoms with Gasteiger partial charge in [0.15, 0.2) is 0 Å². The first-order valence-electron chi connectivity index (χ1n) is 8.65. The van der Waals surface area contributed by atoms with Gasteiger partial charge in [-0.05, 0) is 60.0 Å². The average Bonchev–Trinajstić information content (AvgIpc) is 2.67. The van der Waals surface area contributed by atoms with Crippen LogP contribution in [0.1, 0.15) is 12.8 Å². The Hall–Kier alpha value is -2.93. The molecule has 0 spiro atoms. The van der Waals surface area contributed by atoms with Crippen LogP contribution in [0.25, 0.3) is 22.4 Å². The summed E-state index contributed by atoms with van der Waals surface area (Å²) < 4.78 is 14.5. The van der Waals surface area contributed by atoms with Crippen molar-refractivity contribution in [3.05, 3.63) is 64.9 Å². The molecular formula is C21H18BrFN2O3. The van der Waals surface area contributed by atoms with E-state index in [0.29, 0.717) is 35.6 Å². The molecule has 1 aromatic heterocycles. The van der Waals surface area contributed by atoms with Crippen LogP contribution in [-0.4, -0.2) is 27.7 Å². The number of hydrogen-bond donors (Lipinski definition) is 3. The molecule has 0 aliphatic carbocycles. The molecule has 1 heterocycles. The number of carbonyl (C=O) groups is 1. The monoisotopic (exact) mass is 444 g/mol. The second-order valence-electron chi connectivity index (χ2n) is 6.22. The minimum atomic E-state index is -0.858. The number of phenolic OH excluding ortho intramolecular Hbond substituents is 1. The molecule has 3 aromatic rings. The van der Waals surface area contributed by atoms with Crippen molar-refractivity contribution in [3.8, 4) is 28.1 Å². The Balaban J connectivity index is 2.00. The summed E-state index contributed by atoms with van der Waals surface area (Å²) in [5.74, 6) is -0.620. The van der Waals surface area contributed by atoms with Crippen molar-refractivity contribution in [2.45, 2.75) is 12.8 Å². The van der Waals surface area contributed by atoms with E-state index in [9.17, 15) is 14.3 Å². The Morgan fingerprint density at radius 3 is 2.68 bits per heavy atom. The number of aromatic hydroxyl groups is 1. The van der Waals surface area contributed by atoms with Crippen molar-refractivity contribution >= 4 is 27.7 Å². The van der Waals surface area contributed by atoms with Gasteiger partial charge in [-0.15, -0.1) is 0 Å². The van der Waals surface area contributed by atoms with E-state index in [-0.39, 0.29) is 18.0 Å².